The van der Waals surface area contributed by atoms with Gasteiger partial charge in [-0.1, -0.05) is 6.07 Å². The predicted molar refractivity (Wildman–Crippen MR) is 91.5 cm³/mol. The van der Waals surface area contributed by atoms with Gasteiger partial charge in [0.1, 0.15) is 5.56 Å². The predicted octanol–water partition coefficient (Wildman–Crippen LogP) is 1.33. The van der Waals surface area contributed by atoms with Gasteiger partial charge in [-0.15, -0.1) is 0 Å². The Morgan fingerprint density at radius 3 is 2.76 bits per heavy atom. The first kappa shape index (κ1) is 17.2. The van der Waals surface area contributed by atoms with Gasteiger partial charge in [-0.05, 0) is 31.2 Å². The van der Waals surface area contributed by atoms with Crippen LogP contribution in [0, 0.1) is 12.8 Å². The molecular weight excluding hydrogens is 322 g/mol. The Kier molecular flexibility index (Phi) is 4.85. The monoisotopic (exact) mass is 343 g/mol. The molecule has 1 aliphatic rings. The van der Waals surface area contributed by atoms with Crippen LogP contribution in [0.2, 0.25) is 0 Å². The molecule has 7 nitrogen and oxygen atoms in total. The number of carbonyl (C=O) groups is 1. The van der Waals surface area contributed by atoms with Gasteiger partial charge in [0, 0.05) is 30.2 Å². The molecule has 0 saturated heterocycles. The van der Waals surface area contributed by atoms with Gasteiger partial charge in [-0.2, -0.15) is 0 Å². The molecule has 1 amide bonds. The number of H-pyrrole nitrogens is 1. The van der Waals surface area contributed by atoms with Crippen LogP contribution in [0.5, 0.6) is 5.88 Å². The van der Waals surface area contributed by atoms with Crippen molar-refractivity contribution in [1.29, 1.82) is 0 Å². The molecule has 7 heteroatoms. The maximum absolute atomic E-state index is 12.6. The summed E-state index contributed by atoms with van der Waals surface area (Å²) < 4.78 is 5.06. The summed E-state index contributed by atoms with van der Waals surface area (Å²) in [7, 11) is 1.53. The summed E-state index contributed by atoms with van der Waals surface area (Å²) in [6.07, 6.45) is 3.92. The number of rotatable bonds is 5. The van der Waals surface area contributed by atoms with Gasteiger partial charge in [0.25, 0.3) is 5.91 Å². The fraction of sp³-hybridized carbons (Fsp3) is 0.389. The van der Waals surface area contributed by atoms with Crippen LogP contribution in [0.25, 0.3) is 0 Å². The third-order valence-corrected chi connectivity index (χ3v) is 4.54. The topological polar surface area (TPSA) is 104 Å². The number of hydrogen-bond donors (Lipinski definition) is 3. The van der Waals surface area contributed by atoms with E-state index in [9.17, 15) is 14.7 Å². The SMILES string of the molecule is COc1ccc(C(NC(=O)c2c[nH]c(C)cc2=O)C2CC(O)C2)cn1. The van der Waals surface area contributed by atoms with Crippen molar-refractivity contribution in [1.82, 2.24) is 15.3 Å². The summed E-state index contributed by atoms with van der Waals surface area (Å²) in [5.74, 6) is 0.139. The summed E-state index contributed by atoms with van der Waals surface area (Å²) in [4.78, 5) is 31.7. The molecule has 1 atom stereocenters. The summed E-state index contributed by atoms with van der Waals surface area (Å²) in [5, 5.41) is 12.5. The van der Waals surface area contributed by atoms with Crippen LogP contribution in [0.1, 0.15) is 40.5 Å². The minimum Gasteiger partial charge on any atom is -0.481 e. The van der Waals surface area contributed by atoms with E-state index in [2.05, 4.69) is 15.3 Å². The first-order valence-electron chi connectivity index (χ1n) is 8.16. The van der Waals surface area contributed by atoms with Crippen molar-refractivity contribution in [2.75, 3.05) is 7.11 Å². The number of hydrogen-bond acceptors (Lipinski definition) is 5. The number of aromatic nitrogens is 2. The molecule has 1 unspecified atom stereocenters. The number of nitrogens with one attached hydrogen (secondary N) is 2. The van der Waals surface area contributed by atoms with Crippen LogP contribution in [0.4, 0.5) is 0 Å². The molecule has 25 heavy (non-hydrogen) atoms. The van der Waals surface area contributed by atoms with Gasteiger partial charge < -0.3 is 20.1 Å². The third kappa shape index (κ3) is 3.71. The van der Waals surface area contributed by atoms with Crippen molar-refractivity contribution in [3.05, 3.63) is 57.6 Å². The number of aliphatic hydroxyl groups excluding tert-OH is 1. The Bertz CT molecular complexity index is 810. The number of pyridine rings is 2. The van der Waals surface area contributed by atoms with E-state index in [-0.39, 0.29) is 29.1 Å². The second-order valence-electron chi connectivity index (χ2n) is 6.36. The van der Waals surface area contributed by atoms with Crippen LogP contribution in [-0.4, -0.2) is 34.2 Å². The fourth-order valence-electron chi connectivity index (χ4n) is 3.04. The second kappa shape index (κ2) is 7.06. The van der Waals surface area contributed by atoms with Crippen molar-refractivity contribution >= 4 is 5.91 Å². The maximum Gasteiger partial charge on any atom is 0.257 e. The fourth-order valence-corrected chi connectivity index (χ4v) is 3.04. The molecule has 0 radical (unpaired) electrons. The van der Waals surface area contributed by atoms with E-state index in [1.165, 1.54) is 19.4 Å². The van der Waals surface area contributed by atoms with Crippen molar-refractivity contribution in [3.8, 4) is 5.88 Å². The number of ether oxygens (including phenoxy) is 1. The Labute approximate surface area is 145 Å². The quantitative estimate of drug-likeness (QED) is 0.760. The number of methoxy groups -OCH3 is 1. The number of carbonyl (C=O) groups excluding carboxylic acids is 1. The molecule has 2 aromatic heterocycles. The number of aromatic amines is 1. The van der Waals surface area contributed by atoms with Gasteiger partial charge in [-0.25, -0.2) is 4.98 Å². The zero-order valence-corrected chi connectivity index (χ0v) is 14.2. The molecule has 2 heterocycles. The molecule has 2 aromatic rings. The summed E-state index contributed by atoms with van der Waals surface area (Å²) >= 11 is 0. The van der Waals surface area contributed by atoms with Crippen molar-refractivity contribution < 1.29 is 14.6 Å². The average molecular weight is 343 g/mol. The third-order valence-electron chi connectivity index (χ3n) is 4.54. The molecule has 0 aliphatic heterocycles. The van der Waals surface area contributed by atoms with Crippen molar-refractivity contribution in [2.24, 2.45) is 5.92 Å². The highest BCUT2D eigenvalue weighted by Crippen LogP contribution is 2.38. The molecule has 1 saturated carbocycles. The van der Waals surface area contributed by atoms with Crippen LogP contribution in [0.3, 0.4) is 0 Å². The van der Waals surface area contributed by atoms with E-state index in [1.807, 2.05) is 6.07 Å². The lowest BCUT2D eigenvalue weighted by Gasteiger charge is -2.38. The molecule has 1 fully saturated rings. The van der Waals surface area contributed by atoms with E-state index in [4.69, 9.17) is 4.74 Å². The molecule has 3 N–H and O–H groups in total. The van der Waals surface area contributed by atoms with Gasteiger partial charge >= 0.3 is 0 Å². The highest BCUT2D eigenvalue weighted by atomic mass is 16.5. The van der Waals surface area contributed by atoms with Gasteiger partial charge in [0.15, 0.2) is 5.43 Å². The molecule has 0 spiro atoms. The first-order chi connectivity index (χ1) is 12.0. The highest BCUT2D eigenvalue weighted by molar-refractivity contribution is 5.94. The van der Waals surface area contributed by atoms with Crippen LogP contribution in [-0.2, 0) is 0 Å². The minimum atomic E-state index is -0.441. The number of nitrogens with zero attached hydrogens (tertiary/aromatic N) is 1. The molecule has 0 bridgehead atoms. The van der Waals surface area contributed by atoms with E-state index in [0.717, 1.165) is 5.56 Å². The van der Waals surface area contributed by atoms with Crippen LogP contribution < -0.4 is 15.5 Å². The lowest BCUT2D eigenvalue weighted by Crippen LogP contribution is -2.42. The standard InChI is InChI=1S/C18H21N3O4/c1-10-5-15(23)14(9-19-10)18(24)21-17(12-6-13(22)7-12)11-3-4-16(25-2)20-8-11/h3-5,8-9,12-13,17,22H,6-7H2,1-2H3,(H,19,23)(H,21,24). The van der Waals surface area contributed by atoms with Crippen molar-refractivity contribution in [2.45, 2.75) is 31.9 Å². The molecular formula is C18H21N3O4. The lowest BCUT2D eigenvalue weighted by atomic mass is 9.75. The zero-order chi connectivity index (χ0) is 18.0. The van der Waals surface area contributed by atoms with Gasteiger partial charge in [0.05, 0.1) is 19.3 Å². The Morgan fingerprint density at radius 2 is 2.20 bits per heavy atom. The molecule has 0 aromatic carbocycles. The number of aryl methyl sites for hydroxylation is 1. The number of amides is 1. The van der Waals surface area contributed by atoms with E-state index in [0.29, 0.717) is 24.4 Å². The van der Waals surface area contributed by atoms with Gasteiger partial charge in [-0.3, -0.25) is 9.59 Å². The van der Waals surface area contributed by atoms with Gasteiger partial charge in [0.2, 0.25) is 5.88 Å². The van der Waals surface area contributed by atoms with E-state index >= 15 is 0 Å². The molecule has 1 aliphatic carbocycles. The lowest BCUT2D eigenvalue weighted by molar-refractivity contribution is 0.0234. The Hall–Kier alpha value is -2.67. The Balaban J connectivity index is 1.84. The maximum atomic E-state index is 12.6. The van der Waals surface area contributed by atoms with Crippen LogP contribution in [0.15, 0.2) is 35.4 Å². The summed E-state index contributed by atoms with van der Waals surface area (Å²) in [5.41, 5.74) is 1.25. The van der Waals surface area contributed by atoms with E-state index < -0.39 is 5.91 Å². The highest BCUT2D eigenvalue weighted by Gasteiger charge is 2.36. The minimum absolute atomic E-state index is 0.0666. The summed E-state index contributed by atoms with van der Waals surface area (Å²) in [6.45, 7) is 1.75. The van der Waals surface area contributed by atoms with Crippen LogP contribution >= 0.6 is 0 Å². The number of aliphatic hydroxyl groups is 1. The Morgan fingerprint density at radius 1 is 1.44 bits per heavy atom. The average Bonchev–Trinajstić information content (AvgIpc) is 2.57. The van der Waals surface area contributed by atoms with Crippen molar-refractivity contribution in [3.63, 3.8) is 0 Å². The zero-order valence-electron chi connectivity index (χ0n) is 14.2. The normalized spacial score (nSPS) is 20.4. The second-order valence-corrected chi connectivity index (χ2v) is 6.36. The smallest absolute Gasteiger partial charge is 0.257 e. The molecule has 132 valence electrons. The first-order valence-corrected chi connectivity index (χ1v) is 8.16. The largest absolute Gasteiger partial charge is 0.481 e. The summed E-state index contributed by atoms with van der Waals surface area (Å²) in [6, 6.07) is 4.63. The molecule has 3 rings (SSSR count). The van der Waals surface area contributed by atoms with E-state index in [1.54, 1.807) is 19.2 Å².